The molecule has 0 aliphatic carbocycles. The molecule has 1 amide bonds. The number of alkyl halides is 2. The Kier molecular flexibility index (Phi) is 3.62. The first-order valence-electron chi connectivity index (χ1n) is 5.35. The maximum atomic E-state index is 12.2. The molecule has 2 aromatic rings. The molecule has 20 heavy (non-hydrogen) atoms. The van der Waals surface area contributed by atoms with Crippen LogP contribution in [0.4, 0.5) is 8.78 Å². The van der Waals surface area contributed by atoms with Crippen LogP contribution in [-0.2, 0) is 10.0 Å². The highest BCUT2D eigenvalue weighted by molar-refractivity contribution is 7.89. The number of rotatable bonds is 4. The highest BCUT2D eigenvalue weighted by Gasteiger charge is 2.16. The first-order valence-corrected chi connectivity index (χ1v) is 7.24. The molecule has 0 bridgehead atoms. The largest absolute Gasteiger partial charge is 0.434 e. The minimum atomic E-state index is -3.71. The predicted molar refractivity (Wildman–Crippen MR) is 67.2 cm³/mol. The van der Waals surface area contributed by atoms with Crippen LogP contribution in [0.25, 0.3) is 10.9 Å². The molecule has 0 atom stereocenters. The van der Waals surface area contributed by atoms with E-state index in [1.165, 1.54) is 18.2 Å². The number of hydrogen-bond acceptors (Lipinski definition) is 4. The summed E-state index contributed by atoms with van der Waals surface area (Å²) in [5, 5.41) is 0.256. The molecule has 1 aromatic carbocycles. The van der Waals surface area contributed by atoms with Crippen molar-refractivity contribution in [3.8, 4) is 5.75 Å². The van der Waals surface area contributed by atoms with Gasteiger partial charge in [-0.1, -0.05) is 6.07 Å². The summed E-state index contributed by atoms with van der Waals surface area (Å²) < 4.78 is 52.5. The number of sulfonamides is 1. The van der Waals surface area contributed by atoms with Crippen molar-refractivity contribution in [3.05, 3.63) is 30.0 Å². The van der Waals surface area contributed by atoms with Crippen molar-refractivity contribution in [2.24, 2.45) is 0 Å². The zero-order chi connectivity index (χ0) is 14.9. The third-order valence-electron chi connectivity index (χ3n) is 2.36. The van der Waals surface area contributed by atoms with Crippen molar-refractivity contribution >= 4 is 26.8 Å². The van der Waals surface area contributed by atoms with Gasteiger partial charge < -0.3 is 9.72 Å². The lowest BCUT2D eigenvalue weighted by atomic mass is 10.2. The standard InChI is InChI=1S/C11H10F2N2O4S/c1-20(17,18)15-10(16)8-5-6-7(14-8)3-2-4-9(6)19-11(12)13/h2-5,11,14H,1H3,(H,15,16). The minimum Gasteiger partial charge on any atom is -0.434 e. The van der Waals surface area contributed by atoms with E-state index in [0.29, 0.717) is 5.52 Å². The Morgan fingerprint density at radius 3 is 2.70 bits per heavy atom. The van der Waals surface area contributed by atoms with Gasteiger partial charge in [-0.2, -0.15) is 8.78 Å². The normalized spacial score (nSPS) is 11.8. The second-order valence-corrected chi connectivity index (χ2v) is 5.73. The summed E-state index contributed by atoms with van der Waals surface area (Å²) in [7, 11) is -3.71. The number of amides is 1. The molecule has 2 rings (SSSR count). The lowest BCUT2D eigenvalue weighted by molar-refractivity contribution is -0.0487. The quantitative estimate of drug-likeness (QED) is 0.895. The molecule has 0 radical (unpaired) electrons. The second kappa shape index (κ2) is 5.08. The number of ether oxygens (including phenoxy) is 1. The molecule has 0 aliphatic rings. The monoisotopic (exact) mass is 304 g/mol. The van der Waals surface area contributed by atoms with Gasteiger partial charge in [0, 0.05) is 10.9 Å². The van der Waals surface area contributed by atoms with Crippen molar-refractivity contribution < 1.29 is 26.7 Å². The Hall–Kier alpha value is -2.16. The number of aromatic amines is 1. The van der Waals surface area contributed by atoms with Gasteiger partial charge in [0.25, 0.3) is 5.91 Å². The first kappa shape index (κ1) is 14.3. The number of benzene rings is 1. The van der Waals surface area contributed by atoms with Crippen LogP contribution in [-0.4, -0.2) is 32.2 Å². The Morgan fingerprint density at radius 1 is 1.40 bits per heavy atom. The molecule has 108 valence electrons. The molecule has 2 N–H and O–H groups in total. The number of halogens is 2. The predicted octanol–water partition coefficient (Wildman–Crippen LogP) is 1.46. The second-order valence-electron chi connectivity index (χ2n) is 3.98. The Balaban J connectivity index is 2.41. The average molecular weight is 304 g/mol. The maximum absolute atomic E-state index is 12.2. The molecular weight excluding hydrogens is 294 g/mol. The van der Waals surface area contributed by atoms with Crippen molar-refractivity contribution in [3.63, 3.8) is 0 Å². The zero-order valence-electron chi connectivity index (χ0n) is 10.2. The number of hydrogen-bond donors (Lipinski definition) is 2. The van der Waals surface area contributed by atoms with E-state index in [1.54, 1.807) is 10.8 Å². The molecule has 9 heteroatoms. The van der Waals surface area contributed by atoms with E-state index >= 15 is 0 Å². The fraction of sp³-hybridized carbons (Fsp3) is 0.182. The number of nitrogens with one attached hydrogen (secondary N) is 2. The summed E-state index contributed by atoms with van der Waals surface area (Å²) in [5.74, 6) is -0.987. The number of aromatic nitrogens is 1. The Bertz CT molecular complexity index is 755. The molecule has 6 nitrogen and oxygen atoms in total. The van der Waals surface area contributed by atoms with E-state index in [4.69, 9.17) is 0 Å². The minimum absolute atomic E-state index is 0.0734. The average Bonchev–Trinajstić information content (AvgIpc) is 2.70. The lowest BCUT2D eigenvalue weighted by Crippen LogP contribution is -2.29. The van der Waals surface area contributed by atoms with Gasteiger partial charge in [-0.25, -0.2) is 13.1 Å². The van der Waals surface area contributed by atoms with Crippen LogP contribution in [0.15, 0.2) is 24.3 Å². The van der Waals surface area contributed by atoms with E-state index in [9.17, 15) is 22.0 Å². The van der Waals surface area contributed by atoms with E-state index in [0.717, 1.165) is 6.26 Å². The van der Waals surface area contributed by atoms with Crippen molar-refractivity contribution in [2.45, 2.75) is 6.61 Å². The van der Waals surface area contributed by atoms with Crippen LogP contribution >= 0.6 is 0 Å². The van der Waals surface area contributed by atoms with Gasteiger partial charge in [0.15, 0.2) is 0 Å². The van der Waals surface area contributed by atoms with E-state index in [-0.39, 0.29) is 16.8 Å². The molecule has 0 fully saturated rings. The first-order chi connectivity index (χ1) is 9.26. The van der Waals surface area contributed by atoms with Crippen LogP contribution in [0, 0.1) is 0 Å². The summed E-state index contributed by atoms with van der Waals surface area (Å²) in [6.45, 7) is -3.00. The van der Waals surface area contributed by atoms with Gasteiger partial charge in [-0.15, -0.1) is 0 Å². The summed E-state index contributed by atoms with van der Waals surface area (Å²) in [6, 6.07) is 5.58. The van der Waals surface area contributed by atoms with Gasteiger partial charge in [0.2, 0.25) is 10.0 Å². The highest BCUT2D eigenvalue weighted by atomic mass is 32.2. The van der Waals surface area contributed by atoms with Gasteiger partial charge >= 0.3 is 6.61 Å². The van der Waals surface area contributed by atoms with Crippen LogP contribution in [0.2, 0.25) is 0 Å². The summed E-state index contributed by atoms with van der Waals surface area (Å²) in [6.07, 6.45) is 0.832. The van der Waals surface area contributed by atoms with Crippen molar-refractivity contribution in [2.75, 3.05) is 6.26 Å². The summed E-state index contributed by atoms with van der Waals surface area (Å²) >= 11 is 0. The smallest absolute Gasteiger partial charge is 0.387 e. The maximum Gasteiger partial charge on any atom is 0.387 e. The van der Waals surface area contributed by atoms with Crippen LogP contribution < -0.4 is 9.46 Å². The fourth-order valence-electron chi connectivity index (χ4n) is 1.67. The zero-order valence-corrected chi connectivity index (χ0v) is 11.0. The van der Waals surface area contributed by atoms with Crippen LogP contribution in [0.1, 0.15) is 10.5 Å². The van der Waals surface area contributed by atoms with Gasteiger partial charge in [0.1, 0.15) is 11.4 Å². The molecular formula is C11H10F2N2O4S. The van der Waals surface area contributed by atoms with Crippen LogP contribution in [0.5, 0.6) is 5.75 Å². The molecule has 0 aliphatic heterocycles. The lowest BCUT2D eigenvalue weighted by Gasteiger charge is -2.04. The SMILES string of the molecule is CS(=O)(=O)NC(=O)c1cc2c(OC(F)F)cccc2[nH]1. The molecule has 0 saturated carbocycles. The number of carbonyl (C=O) groups is 1. The van der Waals surface area contributed by atoms with E-state index < -0.39 is 22.5 Å². The molecule has 1 aromatic heterocycles. The molecule has 0 unspecified atom stereocenters. The number of carbonyl (C=O) groups excluding carboxylic acids is 1. The molecule has 0 saturated heterocycles. The van der Waals surface area contributed by atoms with Crippen LogP contribution in [0.3, 0.4) is 0 Å². The van der Waals surface area contributed by atoms with Gasteiger partial charge in [-0.05, 0) is 18.2 Å². The Labute approximate surface area is 112 Å². The highest BCUT2D eigenvalue weighted by Crippen LogP contribution is 2.27. The fourth-order valence-corrected chi connectivity index (χ4v) is 2.12. The summed E-state index contributed by atoms with van der Waals surface area (Å²) in [5.41, 5.74) is 0.303. The Morgan fingerprint density at radius 2 is 2.10 bits per heavy atom. The van der Waals surface area contributed by atoms with E-state index in [1.807, 2.05) is 0 Å². The number of fused-ring (bicyclic) bond motifs is 1. The van der Waals surface area contributed by atoms with Crippen molar-refractivity contribution in [1.29, 1.82) is 0 Å². The van der Waals surface area contributed by atoms with E-state index in [2.05, 4.69) is 9.72 Å². The third-order valence-corrected chi connectivity index (χ3v) is 2.92. The number of H-pyrrole nitrogens is 1. The summed E-state index contributed by atoms with van der Waals surface area (Å²) in [4.78, 5) is 14.3. The van der Waals surface area contributed by atoms with Gasteiger partial charge in [0.05, 0.1) is 6.26 Å². The molecule has 1 heterocycles. The molecule has 0 spiro atoms. The third kappa shape index (κ3) is 3.23. The topological polar surface area (TPSA) is 88.3 Å². The van der Waals surface area contributed by atoms with Gasteiger partial charge in [-0.3, -0.25) is 4.79 Å². The van der Waals surface area contributed by atoms with Crippen molar-refractivity contribution in [1.82, 2.24) is 9.71 Å².